The van der Waals surface area contributed by atoms with Gasteiger partial charge >= 0.3 is 12.1 Å². The molecular weight excluding hydrogens is 481 g/mol. The summed E-state index contributed by atoms with van der Waals surface area (Å²) in [5, 5.41) is 14.5. The van der Waals surface area contributed by atoms with Crippen LogP contribution in [0.5, 0.6) is 5.75 Å². The van der Waals surface area contributed by atoms with E-state index in [0.29, 0.717) is 30.5 Å². The van der Waals surface area contributed by atoms with Gasteiger partial charge in [-0.2, -0.15) is 0 Å². The standard InChI is InChI=1S/C24H29Cl2N3O5/c1-16-13-17(2)15-18(14-16)27-22(30)8-7-21(23(31)32)28-24(33)34-20-5-3-19(4-6-20)29(11-9-25)12-10-26/h3-6,13-15,21H,7-12H2,1-2H3,(H,27,30)(H,28,33)(H,31,32). The number of hydrogen-bond acceptors (Lipinski definition) is 5. The summed E-state index contributed by atoms with van der Waals surface area (Å²) in [7, 11) is 0. The third kappa shape index (κ3) is 9.11. The maximum absolute atomic E-state index is 12.3. The molecule has 10 heteroatoms. The smallest absolute Gasteiger partial charge is 0.413 e. The lowest BCUT2D eigenvalue weighted by Crippen LogP contribution is -2.42. The third-order valence-electron chi connectivity index (χ3n) is 4.88. The van der Waals surface area contributed by atoms with Crippen molar-refractivity contribution in [3.63, 3.8) is 0 Å². The molecule has 0 saturated carbocycles. The van der Waals surface area contributed by atoms with E-state index in [2.05, 4.69) is 10.6 Å². The van der Waals surface area contributed by atoms with Gasteiger partial charge in [0.15, 0.2) is 0 Å². The summed E-state index contributed by atoms with van der Waals surface area (Å²) in [5.74, 6) is -0.479. The number of hydrogen-bond donors (Lipinski definition) is 3. The highest BCUT2D eigenvalue weighted by Gasteiger charge is 2.22. The van der Waals surface area contributed by atoms with E-state index in [1.807, 2.05) is 36.9 Å². The van der Waals surface area contributed by atoms with Gasteiger partial charge in [0, 0.05) is 42.6 Å². The number of halogens is 2. The molecule has 1 atom stereocenters. The number of carboxylic acids is 1. The fourth-order valence-corrected chi connectivity index (χ4v) is 3.79. The van der Waals surface area contributed by atoms with Crippen molar-refractivity contribution < 1.29 is 24.2 Å². The molecule has 3 N–H and O–H groups in total. The molecule has 2 aromatic carbocycles. The number of carbonyl (C=O) groups is 3. The van der Waals surface area contributed by atoms with Crippen LogP contribution in [0, 0.1) is 13.8 Å². The number of benzene rings is 2. The molecule has 0 aromatic heterocycles. The highest BCUT2D eigenvalue weighted by Crippen LogP contribution is 2.20. The van der Waals surface area contributed by atoms with Crippen molar-refractivity contribution in [1.29, 1.82) is 0 Å². The average molecular weight is 510 g/mol. The third-order valence-corrected chi connectivity index (χ3v) is 5.22. The Morgan fingerprint density at radius 2 is 1.59 bits per heavy atom. The Hall–Kier alpha value is -2.97. The minimum atomic E-state index is -1.28. The van der Waals surface area contributed by atoms with Gasteiger partial charge in [-0.05, 0) is 67.8 Å². The second-order valence-electron chi connectivity index (χ2n) is 7.75. The first-order valence-electron chi connectivity index (χ1n) is 10.8. The van der Waals surface area contributed by atoms with Crippen molar-refractivity contribution in [3.05, 3.63) is 53.6 Å². The second kappa shape index (κ2) is 13.7. The number of ether oxygens (including phenoxy) is 1. The molecular formula is C24H29Cl2N3O5. The molecule has 0 aliphatic rings. The van der Waals surface area contributed by atoms with Crippen molar-refractivity contribution in [1.82, 2.24) is 5.32 Å². The highest BCUT2D eigenvalue weighted by molar-refractivity contribution is 6.18. The van der Waals surface area contributed by atoms with Crippen molar-refractivity contribution >= 4 is 52.5 Å². The van der Waals surface area contributed by atoms with Crippen LogP contribution in [0.15, 0.2) is 42.5 Å². The van der Waals surface area contributed by atoms with Crippen molar-refractivity contribution in [2.24, 2.45) is 0 Å². The molecule has 0 bridgehead atoms. The molecule has 1 unspecified atom stereocenters. The lowest BCUT2D eigenvalue weighted by atomic mass is 10.1. The van der Waals surface area contributed by atoms with Gasteiger partial charge in [0.2, 0.25) is 5.91 Å². The number of aliphatic carboxylic acids is 1. The molecule has 0 aliphatic carbocycles. The monoisotopic (exact) mass is 509 g/mol. The molecule has 34 heavy (non-hydrogen) atoms. The van der Waals surface area contributed by atoms with Crippen molar-refractivity contribution in [2.75, 3.05) is 35.1 Å². The number of anilines is 2. The summed E-state index contributed by atoms with van der Waals surface area (Å²) in [4.78, 5) is 38.0. The zero-order chi connectivity index (χ0) is 25.1. The van der Waals surface area contributed by atoms with Gasteiger partial charge in [-0.3, -0.25) is 4.79 Å². The predicted octanol–water partition coefficient (Wildman–Crippen LogP) is 4.55. The van der Waals surface area contributed by atoms with E-state index in [1.165, 1.54) is 0 Å². The van der Waals surface area contributed by atoms with E-state index in [9.17, 15) is 19.5 Å². The lowest BCUT2D eigenvalue weighted by molar-refractivity contribution is -0.139. The first-order valence-corrected chi connectivity index (χ1v) is 11.8. The Morgan fingerprint density at radius 1 is 1.00 bits per heavy atom. The number of carboxylic acid groups (broad SMARTS) is 1. The molecule has 0 heterocycles. The van der Waals surface area contributed by atoms with Crippen LogP contribution in [-0.4, -0.2) is 54.0 Å². The molecule has 0 spiro atoms. The molecule has 2 aromatic rings. The largest absolute Gasteiger partial charge is 0.480 e. The number of carbonyl (C=O) groups excluding carboxylic acids is 2. The summed E-state index contributed by atoms with van der Waals surface area (Å²) < 4.78 is 5.19. The summed E-state index contributed by atoms with van der Waals surface area (Å²) in [6.45, 7) is 5.07. The first-order chi connectivity index (χ1) is 16.2. The normalized spacial score (nSPS) is 11.4. The maximum atomic E-state index is 12.3. The van der Waals surface area contributed by atoms with Crippen LogP contribution in [0.25, 0.3) is 0 Å². The summed E-state index contributed by atoms with van der Waals surface area (Å²) in [6, 6.07) is 11.1. The van der Waals surface area contributed by atoms with Crippen molar-refractivity contribution in [3.8, 4) is 5.75 Å². The highest BCUT2D eigenvalue weighted by atomic mass is 35.5. The van der Waals surface area contributed by atoms with E-state index in [4.69, 9.17) is 27.9 Å². The Morgan fingerprint density at radius 3 is 2.12 bits per heavy atom. The van der Waals surface area contributed by atoms with Gasteiger partial charge in [0.1, 0.15) is 11.8 Å². The van der Waals surface area contributed by atoms with Gasteiger partial charge in [0.25, 0.3) is 0 Å². The Kier molecular flexibility index (Phi) is 11.0. The lowest BCUT2D eigenvalue weighted by Gasteiger charge is -2.23. The summed E-state index contributed by atoms with van der Waals surface area (Å²) in [6.07, 6.45) is -1.10. The van der Waals surface area contributed by atoms with E-state index in [1.54, 1.807) is 24.3 Å². The van der Waals surface area contributed by atoms with Gasteiger partial charge in [-0.1, -0.05) is 6.07 Å². The molecule has 8 nitrogen and oxygen atoms in total. The van der Waals surface area contributed by atoms with Gasteiger partial charge in [-0.25, -0.2) is 9.59 Å². The Labute approximate surface area is 209 Å². The van der Waals surface area contributed by atoms with Crippen LogP contribution in [0.1, 0.15) is 24.0 Å². The maximum Gasteiger partial charge on any atom is 0.413 e. The molecule has 0 aliphatic heterocycles. The van der Waals surface area contributed by atoms with Crippen molar-refractivity contribution in [2.45, 2.75) is 32.7 Å². The van der Waals surface area contributed by atoms with Gasteiger partial charge in [0.05, 0.1) is 0 Å². The number of nitrogens with zero attached hydrogens (tertiary/aromatic N) is 1. The zero-order valence-electron chi connectivity index (χ0n) is 19.1. The minimum Gasteiger partial charge on any atom is -0.480 e. The van der Waals surface area contributed by atoms with E-state index in [0.717, 1.165) is 16.8 Å². The average Bonchev–Trinajstić information content (AvgIpc) is 2.76. The number of nitrogens with one attached hydrogen (secondary N) is 2. The Bertz CT molecular complexity index is 959. The zero-order valence-corrected chi connectivity index (χ0v) is 20.7. The quantitative estimate of drug-likeness (QED) is 0.362. The van der Waals surface area contributed by atoms with Crippen LogP contribution in [0.3, 0.4) is 0 Å². The molecule has 2 rings (SSSR count). The number of amides is 2. The SMILES string of the molecule is Cc1cc(C)cc(NC(=O)CCC(NC(=O)Oc2ccc(N(CCCl)CCCl)cc2)C(=O)O)c1. The van der Waals surface area contributed by atoms with E-state index < -0.39 is 18.1 Å². The van der Waals surface area contributed by atoms with Crippen LogP contribution in [0.2, 0.25) is 0 Å². The molecule has 2 amide bonds. The van der Waals surface area contributed by atoms with Crippen LogP contribution < -0.4 is 20.3 Å². The van der Waals surface area contributed by atoms with Crippen LogP contribution in [0.4, 0.5) is 16.2 Å². The number of aryl methyl sites for hydroxylation is 2. The fourth-order valence-electron chi connectivity index (χ4n) is 3.38. The van der Waals surface area contributed by atoms with Crippen LogP contribution >= 0.6 is 23.2 Å². The second-order valence-corrected chi connectivity index (χ2v) is 8.50. The van der Waals surface area contributed by atoms with E-state index >= 15 is 0 Å². The molecule has 184 valence electrons. The Balaban J connectivity index is 1.89. The minimum absolute atomic E-state index is 0.0874. The van der Waals surface area contributed by atoms with Crippen LogP contribution in [-0.2, 0) is 9.59 Å². The topological polar surface area (TPSA) is 108 Å². The van der Waals surface area contributed by atoms with Gasteiger partial charge in [-0.15, -0.1) is 23.2 Å². The first kappa shape index (κ1) is 27.3. The summed E-state index contributed by atoms with van der Waals surface area (Å²) in [5.41, 5.74) is 3.51. The number of rotatable bonds is 12. The molecule has 0 radical (unpaired) electrons. The number of alkyl halides is 2. The molecule has 0 saturated heterocycles. The fraction of sp³-hybridized carbons (Fsp3) is 0.375. The molecule has 0 fully saturated rings. The van der Waals surface area contributed by atoms with Gasteiger partial charge < -0.3 is 25.4 Å². The predicted molar refractivity (Wildman–Crippen MR) is 134 cm³/mol. The summed E-state index contributed by atoms with van der Waals surface area (Å²) >= 11 is 11.6. The van der Waals surface area contributed by atoms with E-state index in [-0.39, 0.29) is 24.5 Å².